The van der Waals surface area contributed by atoms with Gasteiger partial charge in [-0.15, -0.1) is 0 Å². The number of esters is 2. The van der Waals surface area contributed by atoms with Crippen molar-refractivity contribution >= 4 is 29.6 Å². The van der Waals surface area contributed by atoms with Gasteiger partial charge in [0.1, 0.15) is 6.61 Å². The Morgan fingerprint density at radius 3 is 2.44 bits per heavy atom. The number of halogens is 1. The highest BCUT2D eigenvalue weighted by Crippen LogP contribution is 2.29. The molecule has 0 fully saturated rings. The average Bonchev–Trinajstić information content (AvgIpc) is 2.65. The molecule has 1 aromatic carbocycles. The zero-order valence-corrected chi connectivity index (χ0v) is 16.3. The van der Waals surface area contributed by atoms with Crippen LogP contribution in [0.25, 0.3) is 0 Å². The van der Waals surface area contributed by atoms with Crippen molar-refractivity contribution in [2.24, 2.45) is 5.92 Å². The van der Waals surface area contributed by atoms with Crippen LogP contribution in [0.1, 0.15) is 38.8 Å². The third kappa shape index (κ3) is 5.23. The number of urea groups is 1. The quantitative estimate of drug-likeness (QED) is 0.693. The Balaban J connectivity index is 2.39. The van der Waals surface area contributed by atoms with Gasteiger partial charge in [0, 0.05) is 5.02 Å². The molecule has 146 valence electrons. The molecule has 0 aliphatic carbocycles. The first-order valence-electron chi connectivity index (χ1n) is 8.77. The molecule has 2 N–H and O–H groups in total. The first-order valence-corrected chi connectivity index (χ1v) is 9.14. The lowest BCUT2D eigenvalue weighted by molar-refractivity contribution is -0.147. The van der Waals surface area contributed by atoms with Crippen LogP contribution in [0.2, 0.25) is 5.02 Å². The number of hydrogen-bond donors (Lipinski definition) is 2. The zero-order valence-electron chi connectivity index (χ0n) is 15.5. The molecule has 0 radical (unpaired) electrons. The van der Waals surface area contributed by atoms with E-state index in [-0.39, 0.29) is 30.4 Å². The van der Waals surface area contributed by atoms with E-state index in [1.165, 1.54) is 0 Å². The van der Waals surface area contributed by atoms with Crippen molar-refractivity contribution < 1.29 is 23.9 Å². The summed E-state index contributed by atoms with van der Waals surface area (Å²) in [5, 5.41) is 5.79. The zero-order chi connectivity index (χ0) is 20.0. The fourth-order valence-corrected chi connectivity index (χ4v) is 2.67. The number of hydrogen-bond acceptors (Lipinski definition) is 5. The lowest BCUT2D eigenvalue weighted by Gasteiger charge is -2.29. The maximum atomic E-state index is 12.6. The Morgan fingerprint density at radius 2 is 1.85 bits per heavy atom. The summed E-state index contributed by atoms with van der Waals surface area (Å²) in [6, 6.07) is 5.50. The number of carbonyl (C=O) groups excluding carboxylic acids is 3. The highest BCUT2D eigenvalue weighted by molar-refractivity contribution is 6.30. The minimum atomic E-state index is -0.743. The maximum absolute atomic E-state index is 12.6. The number of ether oxygens (including phenoxy) is 2. The summed E-state index contributed by atoms with van der Waals surface area (Å²) in [5.74, 6) is -1.27. The fraction of sp³-hybridized carbons (Fsp3) is 0.421. The summed E-state index contributed by atoms with van der Waals surface area (Å²) in [6.07, 6.45) is 0.629. The predicted octanol–water partition coefficient (Wildman–Crippen LogP) is 3.10. The fourth-order valence-electron chi connectivity index (χ4n) is 2.54. The molecule has 2 atom stereocenters. The predicted molar refractivity (Wildman–Crippen MR) is 99.9 cm³/mol. The average molecular weight is 395 g/mol. The lowest BCUT2D eigenvalue weighted by atomic mass is 9.95. The lowest BCUT2D eigenvalue weighted by Crippen LogP contribution is -2.47. The SMILES string of the molecule is CCOC(=O)C1=C(COC(=O)C(C)CC)NC(=O)NC1c1ccc(Cl)cc1. The highest BCUT2D eigenvalue weighted by atomic mass is 35.5. The molecule has 0 bridgehead atoms. The molecule has 8 heteroatoms. The van der Waals surface area contributed by atoms with Crippen molar-refractivity contribution in [2.75, 3.05) is 13.2 Å². The molecule has 0 spiro atoms. The van der Waals surface area contributed by atoms with E-state index in [1.807, 2.05) is 6.92 Å². The van der Waals surface area contributed by atoms with E-state index in [2.05, 4.69) is 10.6 Å². The van der Waals surface area contributed by atoms with Crippen LogP contribution in [0.15, 0.2) is 35.5 Å². The largest absolute Gasteiger partial charge is 0.463 e. The van der Waals surface area contributed by atoms with E-state index in [1.54, 1.807) is 38.1 Å². The molecule has 1 aliphatic rings. The third-order valence-electron chi connectivity index (χ3n) is 4.23. The van der Waals surface area contributed by atoms with Crippen molar-refractivity contribution in [3.8, 4) is 0 Å². The van der Waals surface area contributed by atoms with Gasteiger partial charge in [-0.3, -0.25) is 4.79 Å². The molecular formula is C19H23ClN2O5. The van der Waals surface area contributed by atoms with Crippen LogP contribution in [0.4, 0.5) is 4.79 Å². The first kappa shape index (κ1) is 20.8. The summed E-state index contributed by atoms with van der Waals surface area (Å²) >= 11 is 5.92. The Kier molecular flexibility index (Phi) is 7.24. The van der Waals surface area contributed by atoms with Gasteiger partial charge in [-0.05, 0) is 31.0 Å². The smallest absolute Gasteiger partial charge is 0.338 e. The Bertz CT molecular complexity index is 745. The van der Waals surface area contributed by atoms with E-state index in [0.29, 0.717) is 17.0 Å². The second-order valence-corrected chi connectivity index (χ2v) is 6.55. The van der Waals surface area contributed by atoms with Gasteiger partial charge >= 0.3 is 18.0 Å². The second-order valence-electron chi connectivity index (χ2n) is 6.11. The molecule has 2 rings (SSSR count). The number of rotatable bonds is 7. The van der Waals surface area contributed by atoms with E-state index in [4.69, 9.17) is 21.1 Å². The second kappa shape index (κ2) is 9.41. The molecule has 7 nitrogen and oxygen atoms in total. The summed E-state index contributed by atoms with van der Waals surface area (Å²) in [7, 11) is 0. The van der Waals surface area contributed by atoms with E-state index < -0.39 is 24.0 Å². The first-order chi connectivity index (χ1) is 12.9. The summed E-state index contributed by atoms with van der Waals surface area (Å²) < 4.78 is 10.4. The molecule has 2 amide bonds. The van der Waals surface area contributed by atoms with Crippen LogP contribution in [0, 0.1) is 5.92 Å². The summed E-state index contributed by atoms with van der Waals surface area (Å²) in [4.78, 5) is 36.7. The van der Waals surface area contributed by atoms with Crippen molar-refractivity contribution in [1.82, 2.24) is 10.6 Å². The van der Waals surface area contributed by atoms with Gasteiger partial charge in [0.25, 0.3) is 0 Å². The molecule has 27 heavy (non-hydrogen) atoms. The van der Waals surface area contributed by atoms with Gasteiger partial charge in [0.05, 0.1) is 29.8 Å². The Hall–Kier alpha value is -2.54. The van der Waals surface area contributed by atoms with Gasteiger partial charge in [-0.1, -0.05) is 37.6 Å². The number of carbonyl (C=O) groups is 3. The minimum Gasteiger partial charge on any atom is -0.463 e. The molecule has 0 saturated heterocycles. The highest BCUT2D eigenvalue weighted by Gasteiger charge is 2.34. The van der Waals surface area contributed by atoms with Gasteiger partial charge in [-0.25, -0.2) is 9.59 Å². The Morgan fingerprint density at radius 1 is 1.19 bits per heavy atom. The molecule has 1 aliphatic heterocycles. The molecular weight excluding hydrogens is 372 g/mol. The number of benzene rings is 1. The van der Waals surface area contributed by atoms with Crippen molar-refractivity contribution in [3.63, 3.8) is 0 Å². The van der Waals surface area contributed by atoms with Gasteiger partial charge < -0.3 is 20.1 Å². The summed E-state index contributed by atoms with van der Waals surface area (Å²) in [6.45, 7) is 5.25. The third-order valence-corrected chi connectivity index (χ3v) is 4.48. The minimum absolute atomic E-state index is 0.170. The van der Waals surface area contributed by atoms with Crippen LogP contribution in [0.5, 0.6) is 0 Å². The van der Waals surface area contributed by atoms with Crippen molar-refractivity contribution in [2.45, 2.75) is 33.2 Å². The van der Waals surface area contributed by atoms with Crippen molar-refractivity contribution in [3.05, 3.63) is 46.1 Å². The van der Waals surface area contributed by atoms with Gasteiger partial charge in [-0.2, -0.15) is 0 Å². The van der Waals surface area contributed by atoms with Crippen molar-refractivity contribution in [1.29, 1.82) is 0 Å². The summed E-state index contributed by atoms with van der Waals surface area (Å²) in [5.41, 5.74) is 1.05. The molecule has 0 aromatic heterocycles. The topological polar surface area (TPSA) is 93.7 Å². The molecule has 1 aromatic rings. The maximum Gasteiger partial charge on any atom is 0.338 e. The van der Waals surface area contributed by atoms with Crippen LogP contribution < -0.4 is 10.6 Å². The normalized spacial score (nSPS) is 17.6. The van der Waals surface area contributed by atoms with Crippen LogP contribution in [-0.2, 0) is 19.1 Å². The number of nitrogens with one attached hydrogen (secondary N) is 2. The van der Waals surface area contributed by atoms with Crippen LogP contribution in [-0.4, -0.2) is 31.2 Å². The molecule has 1 heterocycles. The van der Waals surface area contributed by atoms with E-state index >= 15 is 0 Å². The van der Waals surface area contributed by atoms with Gasteiger partial charge in [0.15, 0.2) is 0 Å². The van der Waals surface area contributed by atoms with Crippen LogP contribution in [0.3, 0.4) is 0 Å². The number of amides is 2. The monoisotopic (exact) mass is 394 g/mol. The van der Waals surface area contributed by atoms with E-state index in [9.17, 15) is 14.4 Å². The standard InChI is InChI=1S/C19H23ClN2O5/c1-4-11(3)17(23)27-10-14-15(18(24)26-5-2)16(22-19(25)21-14)12-6-8-13(20)9-7-12/h6-9,11,16H,4-5,10H2,1-3H3,(H2,21,22,25). The van der Waals surface area contributed by atoms with E-state index in [0.717, 1.165) is 0 Å². The van der Waals surface area contributed by atoms with Gasteiger partial charge in [0.2, 0.25) is 0 Å². The van der Waals surface area contributed by atoms with Crippen LogP contribution >= 0.6 is 11.6 Å². The Labute approximate surface area is 163 Å². The molecule has 0 saturated carbocycles. The molecule has 2 unspecified atom stereocenters.